The fourth-order valence-corrected chi connectivity index (χ4v) is 1.79. The molecule has 0 bridgehead atoms. The van der Waals surface area contributed by atoms with E-state index in [2.05, 4.69) is 10.2 Å². The standard InChI is InChI=1S/C17H16N2O4/c1-2-8-23-17(22)12-4-3-5-14(9-12)18-19-15-6-7-16(21)13(10-15)11-20/h3-7,9-11,21H,2,8H2,1H3. The number of hydrogen-bond acceptors (Lipinski definition) is 6. The van der Waals surface area contributed by atoms with E-state index in [1.165, 1.54) is 18.2 Å². The summed E-state index contributed by atoms with van der Waals surface area (Å²) in [5.74, 6) is -0.517. The van der Waals surface area contributed by atoms with E-state index in [9.17, 15) is 14.7 Å². The summed E-state index contributed by atoms with van der Waals surface area (Å²) in [5, 5.41) is 17.4. The van der Waals surface area contributed by atoms with E-state index in [-0.39, 0.29) is 11.3 Å². The molecule has 0 fully saturated rings. The molecule has 2 aromatic carbocycles. The van der Waals surface area contributed by atoms with Gasteiger partial charge in [0, 0.05) is 0 Å². The molecule has 0 aromatic heterocycles. The number of nitrogens with zero attached hydrogens (tertiary/aromatic N) is 2. The minimum atomic E-state index is -0.406. The lowest BCUT2D eigenvalue weighted by molar-refractivity contribution is 0.0505. The first kappa shape index (κ1) is 16.4. The average molecular weight is 312 g/mol. The molecule has 0 aliphatic rings. The highest BCUT2D eigenvalue weighted by Crippen LogP contribution is 2.24. The fraction of sp³-hybridized carbons (Fsp3) is 0.176. The Kier molecular flexibility index (Phi) is 5.57. The molecule has 0 spiro atoms. The minimum absolute atomic E-state index is 0.111. The molecule has 6 heteroatoms. The van der Waals surface area contributed by atoms with E-state index in [0.29, 0.717) is 29.8 Å². The Balaban J connectivity index is 2.16. The SMILES string of the molecule is CCCOC(=O)c1cccc(N=Nc2ccc(O)c(C=O)c2)c1. The van der Waals surface area contributed by atoms with Gasteiger partial charge in [0.05, 0.1) is 29.1 Å². The van der Waals surface area contributed by atoms with Gasteiger partial charge in [0.15, 0.2) is 6.29 Å². The zero-order valence-electron chi connectivity index (χ0n) is 12.6. The number of carbonyl (C=O) groups is 2. The highest BCUT2D eigenvalue weighted by Gasteiger charge is 2.07. The van der Waals surface area contributed by atoms with Gasteiger partial charge in [-0.3, -0.25) is 4.79 Å². The van der Waals surface area contributed by atoms with E-state index in [1.54, 1.807) is 24.3 Å². The molecule has 118 valence electrons. The van der Waals surface area contributed by atoms with Gasteiger partial charge in [-0.15, -0.1) is 0 Å². The maximum Gasteiger partial charge on any atom is 0.338 e. The van der Waals surface area contributed by atoms with Crippen molar-refractivity contribution in [3.8, 4) is 5.75 Å². The summed E-state index contributed by atoms with van der Waals surface area (Å²) >= 11 is 0. The number of hydrogen-bond donors (Lipinski definition) is 1. The molecule has 0 amide bonds. The number of phenols is 1. The lowest BCUT2D eigenvalue weighted by Crippen LogP contribution is -2.05. The Morgan fingerprint density at radius 3 is 2.61 bits per heavy atom. The molecule has 0 heterocycles. The normalized spacial score (nSPS) is 10.7. The van der Waals surface area contributed by atoms with Gasteiger partial charge < -0.3 is 9.84 Å². The number of ether oxygens (including phenoxy) is 1. The molecule has 0 atom stereocenters. The quantitative estimate of drug-likeness (QED) is 0.492. The number of carbonyl (C=O) groups excluding carboxylic acids is 2. The minimum Gasteiger partial charge on any atom is -0.507 e. The zero-order chi connectivity index (χ0) is 16.7. The summed E-state index contributed by atoms with van der Waals surface area (Å²) in [5.41, 5.74) is 1.44. The average Bonchev–Trinajstić information content (AvgIpc) is 2.59. The van der Waals surface area contributed by atoms with E-state index >= 15 is 0 Å². The largest absolute Gasteiger partial charge is 0.507 e. The number of benzene rings is 2. The van der Waals surface area contributed by atoms with Crippen molar-refractivity contribution >= 4 is 23.6 Å². The van der Waals surface area contributed by atoms with E-state index in [0.717, 1.165) is 6.42 Å². The van der Waals surface area contributed by atoms with Crippen molar-refractivity contribution in [1.29, 1.82) is 0 Å². The molecule has 1 N–H and O–H groups in total. The summed E-state index contributed by atoms with van der Waals surface area (Å²) in [4.78, 5) is 22.6. The third-order valence-corrected chi connectivity index (χ3v) is 2.94. The van der Waals surface area contributed by atoms with E-state index in [1.807, 2.05) is 6.92 Å². The molecular formula is C17H16N2O4. The lowest BCUT2D eigenvalue weighted by atomic mass is 10.2. The van der Waals surface area contributed by atoms with Crippen LogP contribution in [0, 0.1) is 0 Å². The number of esters is 1. The van der Waals surface area contributed by atoms with Gasteiger partial charge in [-0.2, -0.15) is 10.2 Å². The third kappa shape index (κ3) is 4.47. The molecule has 2 rings (SSSR count). The number of azo groups is 1. The van der Waals surface area contributed by atoms with Gasteiger partial charge in [0.2, 0.25) is 0 Å². The second kappa shape index (κ2) is 7.84. The van der Waals surface area contributed by atoms with Gasteiger partial charge in [-0.25, -0.2) is 4.79 Å². The molecule has 6 nitrogen and oxygen atoms in total. The predicted molar refractivity (Wildman–Crippen MR) is 84.7 cm³/mol. The van der Waals surface area contributed by atoms with Crippen LogP contribution in [0.4, 0.5) is 11.4 Å². The molecule has 23 heavy (non-hydrogen) atoms. The van der Waals surface area contributed by atoms with Crippen molar-refractivity contribution < 1.29 is 19.4 Å². The number of aldehydes is 1. The summed E-state index contributed by atoms with van der Waals surface area (Å²) < 4.78 is 5.06. The molecule has 0 unspecified atom stereocenters. The van der Waals surface area contributed by atoms with E-state index in [4.69, 9.17) is 4.74 Å². The van der Waals surface area contributed by atoms with Crippen molar-refractivity contribution in [2.45, 2.75) is 13.3 Å². The van der Waals surface area contributed by atoms with Crippen LogP contribution >= 0.6 is 0 Å². The molecule has 0 aliphatic carbocycles. The first-order valence-corrected chi connectivity index (χ1v) is 7.11. The van der Waals surface area contributed by atoms with Crippen molar-refractivity contribution in [3.05, 3.63) is 53.6 Å². The Morgan fingerprint density at radius 2 is 1.91 bits per heavy atom. The molecule has 0 aliphatic heterocycles. The van der Waals surface area contributed by atoms with Crippen LogP contribution in [0.2, 0.25) is 0 Å². The van der Waals surface area contributed by atoms with Gasteiger partial charge in [-0.05, 0) is 42.8 Å². The number of rotatable bonds is 6. The second-order valence-corrected chi connectivity index (χ2v) is 4.75. The molecule has 0 radical (unpaired) electrons. The highest BCUT2D eigenvalue weighted by atomic mass is 16.5. The van der Waals surface area contributed by atoms with Gasteiger partial charge >= 0.3 is 5.97 Å². The summed E-state index contributed by atoms with van der Waals surface area (Å²) in [7, 11) is 0. The van der Waals surface area contributed by atoms with Crippen molar-refractivity contribution in [2.75, 3.05) is 6.61 Å². The van der Waals surface area contributed by atoms with Gasteiger partial charge in [0.25, 0.3) is 0 Å². The van der Waals surface area contributed by atoms with Crippen molar-refractivity contribution in [1.82, 2.24) is 0 Å². The van der Waals surface area contributed by atoms with Crippen LogP contribution in [-0.2, 0) is 4.74 Å². The number of phenolic OH excluding ortho intramolecular Hbond substituents is 1. The second-order valence-electron chi connectivity index (χ2n) is 4.75. The fourth-order valence-electron chi connectivity index (χ4n) is 1.79. The first-order chi connectivity index (χ1) is 11.1. The van der Waals surface area contributed by atoms with E-state index < -0.39 is 5.97 Å². The van der Waals surface area contributed by atoms with Gasteiger partial charge in [-0.1, -0.05) is 13.0 Å². The van der Waals surface area contributed by atoms with Crippen molar-refractivity contribution in [2.24, 2.45) is 10.2 Å². The van der Waals surface area contributed by atoms with Gasteiger partial charge in [0.1, 0.15) is 5.75 Å². The highest BCUT2D eigenvalue weighted by molar-refractivity contribution is 5.90. The number of aromatic hydroxyl groups is 1. The van der Waals surface area contributed by atoms with Crippen LogP contribution in [0.5, 0.6) is 5.75 Å². The summed E-state index contributed by atoms with van der Waals surface area (Å²) in [6.45, 7) is 2.29. The monoisotopic (exact) mass is 312 g/mol. The first-order valence-electron chi connectivity index (χ1n) is 7.11. The maximum absolute atomic E-state index is 11.8. The summed E-state index contributed by atoms with van der Waals surface area (Å²) in [6.07, 6.45) is 1.30. The predicted octanol–water partition coefficient (Wildman–Crippen LogP) is 4.19. The van der Waals surface area contributed by atoms with Crippen LogP contribution in [0.25, 0.3) is 0 Å². The topological polar surface area (TPSA) is 88.3 Å². The molecular weight excluding hydrogens is 296 g/mol. The Hall–Kier alpha value is -3.02. The molecule has 0 saturated heterocycles. The summed E-state index contributed by atoms with van der Waals surface area (Å²) in [6, 6.07) is 10.9. The molecule has 2 aromatic rings. The maximum atomic E-state index is 11.8. The Morgan fingerprint density at radius 1 is 1.17 bits per heavy atom. The Bertz CT molecular complexity index is 741. The van der Waals surface area contributed by atoms with Crippen LogP contribution < -0.4 is 0 Å². The lowest BCUT2D eigenvalue weighted by Gasteiger charge is -2.03. The smallest absolute Gasteiger partial charge is 0.338 e. The van der Waals surface area contributed by atoms with Crippen LogP contribution in [-0.4, -0.2) is 24.0 Å². The van der Waals surface area contributed by atoms with Crippen LogP contribution in [0.3, 0.4) is 0 Å². The third-order valence-electron chi connectivity index (χ3n) is 2.94. The van der Waals surface area contributed by atoms with Crippen LogP contribution in [0.15, 0.2) is 52.7 Å². The van der Waals surface area contributed by atoms with Crippen LogP contribution in [0.1, 0.15) is 34.1 Å². The Labute approximate surface area is 133 Å². The van der Waals surface area contributed by atoms with Crippen molar-refractivity contribution in [3.63, 3.8) is 0 Å². The molecule has 0 saturated carbocycles. The zero-order valence-corrected chi connectivity index (χ0v) is 12.6.